The molecular weight excluding hydrogens is 295 g/mol. The van der Waals surface area contributed by atoms with Gasteiger partial charge >= 0.3 is 0 Å². The maximum atomic E-state index is 14.3. The molecule has 0 aliphatic carbocycles. The van der Waals surface area contributed by atoms with Crippen LogP contribution in [0.5, 0.6) is 0 Å². The maximum Gasteiger partial charge on any atom is 0.222 e. The Balaban J connectivity index is 2.05. The number of rotatable bonds is 2. The number of Topliss-reactive ketones (excluding diaryl/α,β-unsaturated/α-hetero) is 1. The summed E-state index contributed by atoms with van der Waals surface area (Å²) in [5.74, 6) is 0.740. The van der Waals surface area contributed by atoms with Crippen molar-refractivity contribution in [3.05, 3.63) is 47.4 Å². The van der Waals surface area contributed by atoms with Gasteiger partial charge in [0.05, 0.1) is 6.04 Å². The van der Waals surface area contributed by atoms with Crippen LogP contribution >= 0.6 is 0 Å². The summed E-state index contributed by atoms with van der Waals surface area (Å²) in [5.41, 5.74) is 7.08. The van der Waals surface area contributed by atoms with Crippen LogP contribution in [0.3, 0.4) is 0 Å². The lowest BCUT2D eigenvalue weighted by atomic mass is 10.00. The van der Waals surface area contributed by atoms with Crippen LogP contribution in [-0.2, 0) is 4.79 Å². The van der Waals surface area contributed by atoms with E-state index in [0.29, 0.717) is 37.2 Å². The smallest absolute Gasteiger partial charge is 0.222 e. The number of halogens is 1. The Morgan fingerprint density at radius 2 is 2.04 bits per heavy atom. The third-order valence-electron chi connectivity index (χ3n) is 4.12. The summed E-state index contributed by atoms with van der Waals surface area (Å²) in [4.78, 5) is 22.2. The number of aromatic nitrogens is 2. The van der Waals surface area contributed by atoms with E-state index in [-0.39, 0.29) is 23.6 Å². The van der Waals surface area contributed by atoms with E-state index in [9.17, 15) is 9.18 Å². The molecule has 0 bridgehead atoms. The Kier molecular flexibility index (Phi) is 4.23. The zero-order valence-corrected chi connectivity index (χ0v) is 13.0. The average molecular weight is 314 g/mol. The first-order chi connectivity index (χ1) is 11.0. The maximum absolute atomic E-state index is 14.3. The minimum atomic E-state index is -0.268. The highest BCUT2D eigenvalue weighted by Gasteiger charge is 2.28. The third-order valence-corrected chi connectivity index (χ3v) is 4.12. The molecule has 0 radical (unpaired) electrons. The van der Waals surface area contributed by atoms with Gasteiger partial charge in [0.25, 0.3) is 0 Å². The van der Waals surface area contributed by atoms with E-state index >= 15 is 0 Å². The standard InChI is InChI=1S/C17H19FN4O/c1-11-10-16(21-17(19)20-11)22-9-8-12(23)6-7-15(22)13-4-2-3-5-14(13)18/h2-5,10,15H,6-9H2,1H3,(H2,19,20,21). The molecule has 1 atom stereocenters. The summed E-state index contributed by atoms with van der Waals surface area (Å²) >= 11 is 0. The van der Waals surface area contributed by atoms with Crippen LogP contribution in [0.4, 0.5) is 16.2 Å². The third kappa shape index (κ3) is 3.31. The molecule has 0 saturated carbocycles. The second-order valence-corrected chi connectivity index (χ2v) is 5.78. The lowest BCUT2D eigenvalue weighted by Crippen LogP contribution is -2.30. The van der Waals surface area contributed by atoms with Crippen molar-refractivity contribution >= 4 is 17.5 Å². The normalized spacial score (nSPS) is 18.8. The topological polar surface area (TPSA) is 72.1 Å². The van der Waals surface area contributed by atoms with Crippen molar-refractivity contribution < 1.29 is 9.18 Å². The van der Waals surface area contributed by atoms with Gasteiger partial charge in [-0.05, 0) is 19.4 Å². The van der Waals surface area contributed by atoms with Gasteiger partial charge in [0, 0.05) is 36.7 Å². The minimum Gasteiger partial charge on any atom is -0.368 e. The molecule has 0 spiro atoms. The summed E-state index contributed by atoms with van der Waals surface area (Å²) in [6, 6.07) is 8.26. The number of aryl methyl sites for hydroxylation is 1. The van der Waals surface area contributed by atoms with Crippen molar-refractivity contribution in [2.45, 2.75) is 32.2 Å². The fourth-order valence-electron chi connectivity index (χ4n) is 3.04. The van der Waals surface area contributed by atoms with Crippen molar-refractivity contribution in [3.8, 4) is 0 Å². The predicted molar refractivity (Wildman–Crippen MR) is 86.5 cm³/mol. The van der Waals surface area contributed by atoms with E-state index in [2.05, 4.69) is 9.97 Å². The zero-order valence-electron chi connectivity index (χ0n) is 13.0. The molecule has 1 aliphatic heterocycles. The fourth-order valence-corrected chi connectivity index (χ4v) is 3.04. The van der Waals surface area contributed by atoms with Crippen LogP contribution < -0.4 is 10.6 Å². The van der Waals surface area contributed by atoms with Crippen molar-refractivity contribution in [1.29, 1.82) is 0 Å². The fraction of sp³-hybridized carbons (Fsp3) is 0.353. The van der Waals surface area contributed by atoms with Crippen LogP contribution in [0.2, 0.25) is 0 Å². The second kappa shape index (κ2) is 6.32. The molecule has 5 nitrogen and oxygen atoms in total. The Morgan fingerprint density at radius 3 is 2.78 bits per heavy atom. The number of anilines is 2. The SMILES string of the molecule is Cc1cc(N2CCC(=O)CCC2c2ccccc2F)nc(N)n1. The molecule has 120 valence electrons. The molecule has 1 fully saturated rings. The highest BCUT2D eigenvalue weighted by atomic mass is 19.1. The van der Waals surface area contributed by atoms with E-state index in [4.69, 9.17) is 5.73 Å². The lowest BCUT2D eigenvalue weighted by molar-refractivity contribution is -0.118. The first-order valence-corrected chi connectivity index (χ1v) is 7.68. The van der Waals surface area contributed by atoms with Crippen LogP contribution in [0.25, 0.3) is 0 Å². The molecule has 2 N–H and O–H groups in total. The van der Waals surface area contributed by atoms with E-state index in [1.807, 2.05) is 24.0 Å². The van der Waals surface area contributed by atoms with Crippen molar-refractivity contribution in [3.63, 3.8) is 0 Å². The summed E-state index contributed by atoms with van der Waals surface area (Å²) in [6.45, 7) is 2.33. The molecular formula is C17H19FN4O. The number of nitrogens with two attached hydrogens (primary N) is 1. The number of benzene rings is 1. The second-order valence-electron chi connectivity index (χ2n) is 5.78. The molecule has 6 heteroatoms. The van der Waals surface area contributed by atoms with Crippen LogP contribution in [0, 0.1) is 12.7 Å². The van der Waals surface area contributed by atoms with Gasteiger partial charge in [0.1, 0.15) is 17.4 Å². The first kappa shape index (κ1) is 15.4. The highest BCUT2D eigenvalue weighted by molar-refractivity contribution is 5.79. The van der Waals surface area contributed by atoms with Gasteiger partial charge in [-0.25, -0.2) is 9.37 Å². The number of hydrogen-bond donors (Lipinski definition) is 1. The molecule has 3 rings (SSSR count). The Bertz CT molecular complexity index is 714. The van der Waals surface area contributed by atoms with Gasteiger partial charge in [-0.3, -0.25) is 4.79 Å². The van der Waals surface area contributed by atoms with Gasteiger partial charge in [-0.2, -0.15) is 4.98 Å². The van der Waals surface area contributed by atoms with E-state index in [1.165, 1.54) is 6.07 Å². The quantitative estimate of drug-likeness (QED) is 0.923. The van der Waals surface area contributed by atoms with Crippen molar-refractivity contribution in [2.24, 2.45) is 0 Å². The first-order valence-electron chi connectivity index (χ1n) is 7.68. The van der Waals surface area contributed by atoms with Gasteiger partial charge in [-0.15, -0.1) is 0 Å². The summed E-state index contributed by atoms with van der Waals surface area (Å²) in [5, 5.41) is 0. The van der Waals surface area contributed by atoms with Crippen LogP contribution in [0.15, 0.2) is 30.3 Å². The molecule has 23 heavy (non-hydrogen) atoms. The molecule has 0 amide bonds. The van der Waals surface area contributed by atoms with Crippen LogP contribution in [0.1, 0.15) is 36.6 Å². The zero-order chi connectivity index (χ0) is 16.4. The Morgan fingerprint density at radius 1 is 1.26 bits per heavy atom. The van der Waals surface area contributed by atoms with Gasteiger partial charge < -0.3 is 10.6 Å². The molecule has 1 unspecified atom stereocenters. The number of nitrogen functional groups attached to an aromatic ring is 1. The Hall–Kier alpha value is -2.50. The largest absolute Gasteiger partial charge is 0.368 e. The number of nitrogens with zero attached hydrogens (tertiary/aromatic N) is 3. The van der Waals surface area contributed by atoms with Crippen molar-refractivity contribution in [1.82, 2.24) is 9.97 Å². The minimum absolute atomic E-state index is 0.183. The van der Waals surface area contributed by atoms with Gasteiger partial charge in [-0.1, -0.05) is 18.2 Å². The van der Waals surface area contributed by atoms with Gasteiger partial charge in [0.2, 0.25) is 5.95 Å². The lowest BCUT2D eigenvalue weighted by Gasteiger charge is -2.31. The molecule has 2 aromatic rings. The van der Waals surface area contributed by atoms with Crippen LogP contribution in [-0.4, -0.2) is 22.3 Å². The van der Waals surface area contributed by atoms with Crippen molar-refractivity contribution in [2.75, 3.05) is 17.2 Å². The number of ketones is 1. The average Bonchev–Trinajstić information content (AvgIpc) is 2.69. The summed E-state index contributed by atoms with van der Waals surface area (Å²) < 4.78 is 14.3. The van der Waals surface area contributed by atoms with Gasteiger partial charge in [0.15, 0.2) is 0 Å². The molecule has 1 aromatic carbocycles. The molecule has 1 saturated heterocycles. The van der Waals surface area contributed by atoms with E-state index < -0.39 is 0 Å². The molecule has 1 aliphatic rings. The summed E-state index contributed by atoms with van der Waals surface area (Å²) in [7, 11) is 0. The number of carbonyl (C=O) groups excluding carboxylic acids is 1. The molecule has 1 aromatic heterocycles. The van der Waals surface area contributed by atoms with E-state index in [1.54, 1.807) is 12.1 Å². The Labute approximate surface area is 134 Å². The van der Waals surface area contributed by atoms with E-state index in [0.717, 1.165) is 5.69 Å². The predicted octanol–water partition coefficient (Wildman–Crippen LogP) is 2.81. The summed E-state index contributed by atoms with van der Waals surface area (Å²) in [6.07, 6.45) is 1.42. The number of carbonyl (C=O) groups is 1. The highest BCUT2D eigenvalue weighted by Crippen LogP contribution is 2.34. The molecule has 2 heterocycles. The monoisotopic (exact) mass is 314 g/mol. The number of hydrogen-bond acceptors (Lipinski definition) is 5.